The summed E-state index contributed by atoms with van der Waals surface area (Å²) in [5.74, 6) is -1.39. The van der Waals surface area contributed by atoms with E-state index in [0.29, 0.717) is 0 Å². The van der Waals surface area contributed by atoms with Gasteiger partial charge < -0.3 is 10.0 Å². The summed E-state index contributed by atoms with van der Waals surface area (Å²) in [6.45, 7) is 1.89. The minimum Gasteiger partial charge on any atom is -0.481 e. The van der Waals surface area contributed by atoms with Gasteiger partial charge in [0, 0.05) is 19.5 Å². The first-order valence-electron chi connectivity index (χ1n) is 6.53. The minimum absolute atomic E-state index is 0.0385. The summed E-state index contributed by atoms with van der Waals surface area (Å²) in [6, 6.07) is 8.09. The molecule has 102 valence electrons. The quantitative estimate of drug-likeness (QED) is 0.895. The van der Waals surface area contributed by atoms with E-state index in [0.717, 1.165) is 12.8 Å². The van der Waals surface area contributed by atoms with Crippen LogP contribution in [0.25, 0.3) is 0 Å². The molecule has 4 nitrogen and oxygen atoms in total. The van der Waals surface area contributed by atoms with Gasteiger partial charge in [0.25, 0.3) is 0 Å². The highest BCUT2D eigenvalue weighted by Gasteiger charge is 2.30. The SMILES string of the molecule is CC(CN(C)C(=O)C1Cc2ccccc2C1)C(=O)O. The number of fused-ring (bicyclic) bond motifs is 1. The third-order valence-electron chi connectivity index (χ3n) is 3.75. The zero-order valence-corrected chi connectivity index (χ0v) is 11.3. The molecule has 1 atom stereocenters. The number of rotatable bonds is 4. The Kier molecular flexibility index (Phi) is 3.88. The lowest BCUT2D eigenvalue weighted by Crippen LogP contribution is -2.38. The van der Waals surface area contributed by atoms with E-state index in [4.69, 9.17) is 5.11 Å². The summed E-state index contributed by atoms with van der Waals surface area (Å²) in [5, 5.41) is 8.88. The summed E-state index contributed by atoms with van der Waals surface area (Å²) in [5.41, 5.74) is 2.47. The molecular formula is C15H19NO3. The van der Waals surface area contributed by atoms with Gasteiger partial charge >= 0.3 is 5.97 Å². The lowest BCUT2D eigenvalue weighted by molar-refractivity contribution is -0.143. The molecule has 0 spiro atoms. The summed E-state index contributed by atoms with van der Waals surface area (Å²) in [4.78, 5) is 24.7. The van der Waals surface area contributed by atoms with Crippen LogP contribution in [0, 0.1) is 11.8 Å². The first-order chi connectivity index (χ1) is 8.99. The number of hydrogen-bond acceptors (Lipinski definition) is 2. The van der Waals surface area contributed by atoms with Gasteiger partial charge in [0.2, 0.25) is 5.91 Å². The summed E-state index contributed by atoms with van der Waals surface area (Å²) in [6.07, 6.45) is 1.53. The lowest BCUT2D eigenvalue weighted by atomic mass is 10.0. The number of benzene rings is 1. The second kappa shape index (κ2) is 5.43. The van der Waals surface area contributed by atoms with Gasteiger partial charge in [0.15, 0.2) is 0 Å². The van der Waals surface area contributed by atoms with Crippen molar-refractivity contribution < 1.29 is 14.7 Å². The van der Waals surface area contributed by atoms with Gasteiger partial charge in [-0.25, -0.2) is 0 Å². The molecule has 1 unspecified atom stereocenters. The maximum absolute atomic E-state index is 12.3. The van der Waals surface area contributed by atoms with E-state index in [2.05, 4.69) is 12.1 Å². The maximum Gasteiger partial charge on any atom is 0.308 e. The number of carbonyl (C=O) groups is 2. The minimum atomic E-state index is -0.866. The molecule has 0 radical (unpaired) electrons. The monoisotopic (exact) mass is 261 g/mol. The summed E-state index contributed by atoms with van der Waals surface area (Å²) in [7, 11) is 1.69. The fraction of sp³-hybridized carbons (Fsp3) is 0.467. The van der Waals surface area contributed by atoms with Crippen LogP contribution in [0.15, 0.2) is 24.3 Å². The zero-order valence-electron chi connectivity index (χ0n) is 11.3. The average Bonchev–Trinajstić information content (AvgIpc) is 2.81. The summed E-state index contributed by atoms with van der Waals surface area (Å²) < 4.78 is 0. The Morgan fingerprint density at radius 3 is 2.32 bits per heavy atom. The van der Waals surface area contributed by atoms with Crippen molar-refractivity contribution in [1.82, 2.24) is 4.90 Å². The first kappa shape index (κ1) is 13.6. The van der Waals surface area contributed by atoms with Crippen molar-refractivity contribution in [2.45, 2.75) is 19.8 Å². The van der Waals surface area contributed by atoms with Gasteiger partial charge in [-0.1, -0.05) is 31.2 Å². The zero-order chi connectivity index (χ0) is 14.0. The highest BCUT2D eigenvalue weighted by molar-refractivity contribution is 5.81. The Morgan fingerprint density at radius 2 is 1.84 bits per heavy atom. The summed E-state index contributed by atoms with van der Waals surface area (Å²) >= 11 is 0. The van der Waals surface area contributed by atoms with E-state index in [1.54, 1.807) is 18.9 Å². The van der Waals surface area contributed by atoms with E-state index in [9.17, 15) is 9.59 Å². The fourth-order valence-electron chi connectivity index (χ4n) is 2.62. The normalized spacial score (nSPS) is 15.9. The maximum atomic E-state index is 12.3. The molecule has 2 rings (SSSR count). The second-order valence-electron chi connectivity index (χ2n) is 5.33. The van der Waals surface area contributed by atoms with Crippen molar-refractivity contribution >= 4 is 11.9 Å². The van der Waals surface area contributed by atoms with Crippen LogP contribution in [0.3, 0.4) is 0 Å². The molecule has 1 aromatic rings. The Morgan fingerprint density at radius 1 is 1.32 bits per heavy atom. The smallest absolute Gasteiger partial charge is 0.308 e. The van der Waals surface area contributed by atoms with Gasteiger partial charge in [-0.3, -0.25) is 9.59 Å². The average molecular weight is 261 g/mol. The van der Waals surface area contributed by atoms with Crippen molar-refractivity contribution in [2.75, 3.05) is 13.6 Å². The Hall–Kier alpha value is -1.84. The lowest BCUT2D eigenvalue weighted by Gasteiger charge is -2.22. The van der Waals surface area contributed by atoms with E-state index in [-0.39, 0.29) is 18.4 Å². The van der Waals surface area contributed by atoms with Crippen molar-refractivity contribution in [3.05, 3.63) is 35.4 Å². The Labute approximate surface area is 113 Å². The number of carboxylic acids is 1. The van der Waals surface area contributed by atoms with Crippen molar-refractivity contribution in [3.63, 3.8) is 0 Å². The molecule has 0 bridgehead atoms. The van der Waals surface area contributed by atoms with Crippen LogP contribution in [0.4, 0.5) is 0 Å². The van der Waals surface area contributed by atoms with Crippen LogP contribution < -0.4 is 0 Å². The van der Waals surface area contributed by atoms with Crippen LogP contribution >= 0.6 is 0 Å². The molecule has 0 heterocycles. The van der Waals surface area contributed by atoms with Gasteiger partial charge in [-0.2, -0.15) is 0 Å². The van der Waals surface area contributed by atoms with E-state index in [1.165, 1.54) is 11.1 Å². The number of amides is 1. The van der Waals surface area contributed by atoms with Crippen LogP contribution in [0.2, 0.25) is 0 Å². The molecule has 1 aliphatic carbocycles. The van der Waals surface area contributed by atoms with Crippen molar-refractivity contribution in [3.8, 4) is 0 Å². The molecule has 0 fully saturated rings. The van der Waals surface area contributed by atoms with Crippen LogP contribution in [-0.2, 0) is 22.4 Å². The molecule has 1 aromatic carbocycles. The molecule has 0 aliphatic heterocycles. The van der Waals surface area contributed by atoms with Crippen LogP contribution in [-0.4, -0.2) is 35.5 Å². The van der Waals surface area contributed by atoms with E-state index < -0.39 is 11.9 Å². The third-order valence-corrected chi connectivity index (χ3v) is 3.75. The molecule has 1 amide bonds. The predicted molar refractivity (Wildman–Crippen MR) is 71.8 cm³/mol. The second-order valence-corrected chi connectivity index (χ2v) is 5.33. The van der Waals surface area contributed by atoms with Crippen molar-refractivity contribution in [1.29, 1.82) is 0 Å². The number of nitrogens with zero attached hydrogens (tertiary/aromatic N) is 1. The molecule has 19 heavy (non-hydrogen) atoms. The molecule has 0 saturated carbocycles. The Balaban J connectivity index is 1.97. The molecule has 4 heteroatoms. The van der Waals surface area contributed by atoms with Crippen molar-refractivity contribution in [2.24, 2.45) is 11.8 Å². The molecule has 0 aromatic heterocycles. The number of carbonyl (C=O) groups excluding carboxylic acids is 1. The standard InChI is InChI=1S/C15H19NO3/c1-10(15(18)19)9-16(2)14(17)13-7-11-5-3-4-6-12(11)8-13/h3-6,10,13H,7-9H2,1-2H3,(H,18,19). The van der Waals surface area contributed by atoms with Gasteiger partial charge in [0.1, 0.15) is 0 Å². The van der Waals surface area contributed by atoms with E-state index >= 15 is 0 Å². The van der Waals surface area contributed by atoms with Crippen LogP contribution in [0.1, 0.15) is 18.1 Å². The molecule has 0 saturated heterocycles. The highest BCUT2D eigenvalue weighted by atomic mass is 16.4. The van der Waals surface area contributed by atoms with Gasteiger partial charge in [-0.15, -0.1) is 0 Å². The molecule has 1 aliphatic rings. The van der Waals surface area contributed by atoms with E-state index in [1.807, 2.05) is 12.1 Å². The predicted octanol–water partition coefficient (Wildman–Crippen LogP) is 1.58. The molecular weight excluding hydrogens is 242 g/mol. The topological polar surface area (TPSA) is 57.6 Å². The van der Waals surface area contributed by atoms with Gasteiger partial charge in [0.05, 0.1) is 5.92 Å². The Bertz CT molecular complexity index is 473. The third kappa shape index (κ3) is 2.95. The molecule has 1 N–H and O–H groups in total. The number of hydrogen-bond donors (Lipinski definition) is 1. The van der Waals surface area contributed by atoms with Crippen LogP contribution in [0.5, 0.6) is 0 Å². The fourth-order valence-corrected chi connectivity index (χ4v) is 2.62. The number of carboxylic acid groups (broad SMARTS) is 1. The highest BCUT2D eigenvalue weighted by Crippen LogP contribution is 2.27. The number of aliphatic carboxylic acids is 1. The largest absolute Gasteiger partial charge is 0.481 e. The van der Waals surface area contributed by atoms with Gasteiger partial charge in [-0.05, 0) is 24.0 Å². The first-order valence-corrected chi connectivity index (χ1v) is 6.53.